The number of anilines is 1. The molecule has 1 saturated heterocycles. The predicted molar refractivity (Wildman–Crippen MR) is 77.7 cm³/mol. The minimum absolute atomic E-state index is 0.822. The van der Waals surface area contributed by atoms with Crippen molar-refractivity contribution >= 4 is 5.69 Å². The summed E-state index contributed by atoms with van der Waals surface area (Å²) in [6.07, 6.45) is 1.06. The first-order valence-electron chi connectivity index (χ1n) is 7.01. The van der Waals surface area contributed by atoms with Crippen molar-refractivity contribution in [3.05, 3.63) is 29.8 Å². The Hall–Kier alpha value is -1.10. The fourth-order valence-corrected chi connectivity index (χ4v) is 2.22. The van der Waals surface area contributed by atoms with E-state index in [1.807, 2.05) is 0 Å². The van der Waals surface area contributed by atoms with Crippen LogP contribution in [0.2, 0.25) is 0 Å². The fraction of sp³-hybridized carbons (Fsp3) is 0.600. The molecule has 0 aromatic heterocycles. The third-order valence-electron chi connectivity index (χ3n) is 3.34. The zero-order valence-electron chi connectivity index (χ0n) is 11.7. The Morgan fingerprint density at radius 1 is 1.21 bits per heavy atom. The number of methoxy groups -OCH3 is 1. The SMILES string of the molecule is COCCCNCc1ccc(N2CCOCC2)cc1. The maximum Gasteiger partial charge on any atom is 0.0642 e. The molecule has 0 spiro atoms. The molecular weight excluding hydrogens is 240 g/mol. The number of hydrogen-bond acceptors (Lipinski definition) is 4. The summed E-state index contributed by atoms with van der Waals surface area (Å²) in [5.41, 5.74) is 2.63. The number of rotatable bonds is 7. The summed E-state index contributed by atoms with van der Waals surface area (Å²) in [4.78, 5) is 2.37. The Morgan fingerprint density at radius 3 is 2.63 bits per heavy atom. The van der Waals surface area contributed by atoms with Gasteiger partial charge in [-0.1, -0.05) is 12.1 Å². The summed E-state index contributed by atoms with van der Waals surface area (Å²) in [5, 5.41) is 3.42. The third-order valence-corrected chi connectivity index (χ3v) is 3.34. The van der Waals surface area contributed by atoms with Crippen LogP contribution in [0.3, 0.4) is 0 Å². The van der Waals surface area contributed by atoms with Crippen molar-refractivity contribution in [1.29, 1.82) is 0 Å². The highest BCUT2D eigenvalue weighted by atomic mass is 16.5. The van der Waals surface area contributed by atoms with Crippen LogP contribution in [-0.4, -0.2) is 46.6 Å². The minimum atomic E-state index is 0.822. The van der Waals surface area contributed by atoms with Gasteiger partial charge in [0.2, 0.25) is 0 Å². The predicted octanol–water partition coefficient (Wildman–Crippen LogP) is 1.65. The second kappa shape index (κ2) is 8.15. The smallest absolute Gasteiger partial charge is 0.0642 e. The van der Waals surface area contributed by atoms with Crippen LogP contribution in [0.5, 0.6) is 0 Å². The van der Waals surface area contributed by atoms with E-state index in [9.17, 15) is 0 Å². The Balaban J connectivity index is 1.74. The maximum absolute atomic E-state index is 5.37. The highest BCUT2D eigenvalue weighted by Gasteiger charge is 2.10. The van der Waals surface area contributed by atoms with E-state index in [2.05, 4.69) is 34.5 Å². The van der Waals surface area contributed by atoms with Crippen LogP contribution in [0.25, 0.3) is 0 Å². The van der Waals surface area contributed by atoms with Gasteiger partial charge in [0.15, 0.2) is 0 Å². The van der Waals surface area contributed by atoms with Gasteiger partial charge >= 0.3 is 0 Å². The molecule has 0 aliphatic carbocycles. The van der Waals surface area contributed by atoms with Gasteiger partial charge < -0.3 is 19.7 Å². The summed E-state index contributed by atoms with van der Waals surface area (Å²) in [6.45, 7) is 6.41. The average molecular weight is 264 g/mol. The Bertz CT molecular complexity index is 348. The van der Waals surface area contributed by atoms with Crippen molar-refractivity contribution in [2.75, 3.05) is 51.5 Å². The molecule has 0 amide bonds. The Labute approximate surface area is 115 Å². The number of morpholine rings is 1. The number of benzene rings is 1. The second-order valence-corrected chi connectivity index (χ2v) is 4.79. The Morgan fingerprint density at radius 2 is 1.95 bits per heavy atom. The van der Waals surface area contributed by atoms with Crippen molar-refractivity contribution < 1.29 is 9.47 Å². The number of nitrogens with zero attached hydrogens (tertiary/aromatic N) is 1. The van der Waals surface area contributed by atoms with Gasteiger partial charge in [-0.15, -0.1) is 0 Å². The summed E-state index contributed by atoms with van der Waals surface area (Å²) in [6, 6.07) is 8.82. The van der Waals surface area contributed by atoms with Crippen LogP contribution >= 0.6 is 0 Å². The molecule has 0 atom stereocenters. The van der Waals surface area contributed by atoms with Gasteiger partial charge in [-0.25, -0.2) is 0 Å². The van der Waals surface area contributed by atoms with Crippen LogP contribution in [0.15, 0.2) is 24.3 Å². The molecule has 1 aromatic rings. The molecular formula is C15H24N2O2. The average Bonchev–Trinajstić information content (AvgIpc) is 2.49. The highest BCUT2D eigenvalue weighted by molar-refractivity contribution is 5.47. The molecule has 0 unspecified atom stereocenters. The van der Waals surface area contributed by atoms with E-state index in [-0.39, 0.29) is 0 Å². The first-order chi connectivity index (χ1) is 9.40. The lowest BCUT2D eigenvalue weighted by molar-refractivity contribution is 0.122. The standard InChI is InChI=1S/C15H24N2O2/c1-18-10-2-7-16-13-14-3-5-15(6-4-14)17-8-11-19-12-9-17/h3-6,16H,2,7-13H2,1H3. The van der Waals surface area contributed by atoms with Crippen LogP contribution in [0.4, 0.5) is 5.69 Å². The lowest BCUT2D eigenvalue weighted by Gasteiger charge is -2.28. The van der Waals surface area contributed by atoms with Gasteiger partial charge in [0.05, 0.1) is 13.2 Å². The molecule has 4 nitrogen and oxygen atoms in total. The van der Waals surface area contributed by atoms with E-state index < -0.39 is 0 Å². The van der Waals surface area contributed by atoms with E-state index in [1.165, 1.54) is 11.3 Å². The molecule has 1 aromatic carbocycles. The number of nitrogens with one attached hydrogen (secondary N) is 1. The molecule has 0 saturated carbocycles. The van der Waals surface area contributed by atoms with Crippen molar-refractivity contribution in [1.82, 2.24) is 5.32 Å². The lowest BCUT2D eigenvalue weighted by Crippen LogP contribution is -2.36. The lowest BCUT2D eigenvalue weighted by atomic mass is 10.2. The zero-order valence-corrected chi connectivity index (χ0v) is 11.7. The van der Waals surface area contributed by atoms with Crippen molar-refractivity contribution in [2.24, 2.45) is 0 Å². The molecule has 1 fully saturated rings. The van der Waals surface area contributed by atoms with E-state index in [4.69, 9.17) is 9.47 Å². The van der Waals surface area contributed by atoms with Gasteiger partial charge in [-0.3, -0.25) is 0 Å². The molecule has 1 heterocycles. The van der Waals surface area contributed by atoms with Crippen molar-refractivity contribution in [3.8, 4) is 0 Å². The molecule has 4 heteroatoms. The summed E-state index contributed by atoms with van der Waals surface area (Å²) in [7, 11) is 1.74. The summed E-state index contributed by atoms with van der Waals surface area (Å²) >= 11 is 0. The van der Waals surface area contributed by atoms with Crippen molar-refractivity contribution in [3.63, 3.8) is 0 Å². The van der Waals surface area contributed by atoms with Gasteiger partial charge in [-0.05, 0) is 30.7 Å². The molecule has 0 bridgehead atoms. The van der Waals surface area contributed by atoms with Gasteiger partial charge in [0.1, 0.15) is 0 Å². The molecule has 1 aliphatic rings. The molecule has 106 valence electrons. The number of hydrogen-bond donors (Lipinski definition) is 1. The highest BCUT2D eigenvalue weighted by Crippen LogP contribution is 2.16. The van der Waals surface area contributed by atoms with Crippen LogP contribution < -0.4 is 10.2 Å². The quantitative estimate of drug-likeness (QED) is 0.759. The molecule has 1 aliphatic heterocycles. The van der Waals surface area contributed by atoms with E-state index in [0.717, 1.165) is 52.4 Å². The van der Waals surface area contributed by atoms with Gasteiger partial charge in [-0.2, -0.15) is 0 Å². The van der Waals surface area contributed by atoms with Gasteiger partial charge in [0.25, 0.3) is 0 Å². The topological polar surface area (TPSA) is 33.7 Å². The summed E-state index contributed by atoms with van der Waals surface area (Å²) < 4.78 is 10.4. The van der Waals surface area contributed by atoms with E-state index >= 15 is 0 Å². The first kappa shape index (κ1) is 14.3. The fourth-order valence-electron chi connectivity index (χ4n) is 2.22. The normalized spacial score (nSPS) is 15.7. The first-order valence-corrected chi connectivity index (χ1v) is 7.01. The number of ether oxygens (including phenoxy) is 2. The molecule has 1 N–H and O–H groups in total. The Kier molecular flexibility index (Phi) is 6.14. The minimum Gasteiger partial charge on any atom is -0.385 e. The van der Waals surface area contributed by atoms with E-state index in [0.29, 0.717) is 0 Å². The molecule has 19 heavy (non-hydrogen) atoms. The van der Waals surface area contributed by atoms with Gasteiger partial charge in [0, 0.05) is 39.0 Å². The van der Waals surface area contributed by atoms with Crippen LogP contribution in [0, 0.1) is 0 Å². The zero-order chi connectivity index (χ0) is 13.3. The van der Waals surface area contributed by atoms with Crippen LogP contribution in [-0.2, 0) is 16.0 Å². The monoisotopic (exact) mass is 264 g/mol. The van der Waals surface area contributed by atoms with Crippen molar-refractivity contribution in [2.45, 2.75) is 13.0 Å². The molecule has 0 radical (unpaired) electrons. The van der Waals surface area contributed by atoms with Crippen LogP contribution in [0.1, 0.15) is 12.0 Å². The second-order valence-electron chi connectivity index (χ2n) is 4.79. The summed E-state index contributed by atoms with van der Waals surface area (Å²) in [5.74, 6) is 0. The maximum atomic E-state index is 5.37. The largest absolute Gasteiger partial charge is 0.385 e. The molecule has 2 rings (SSSR count). The van der Waals surface area contributed by atoms with E-state index in [1.54, 1.807) is 7.11 Å². The third kappa shape index (κ3) is 4.82.